The summed E-state index contributed by atoms with van der Waals surface area (Å²) in [4.78, 5) is 23.5. The highest BCUT2D eigenvalue weighted by Gasteiger charge is 2.51. The molecule has 8 atom stereocenters. The van der Waals surface area contributed by atoms with Crippen LogP contribution in [-0.4, -0.2) is 108 Å². The molecule has 66 heavy (non-hydrogen) atoms. The molecule has 8 unspecified atom stereocenters. The van der Waals surface area contributed by atoms with Crippen molar-refractivity contribution in [3.63, 3.8) is 0 Å². The van der Waals surface area contributed by atoms with Crippen LogP contribution in [0.4, 0.5) is 0 Å². The summed E-state index contributed by atoms with van der Waals surface area (Å²) in [6.07, 6.45) is 36.2. The molecule has 0 aliphatic heterocycles. The Morgan fingerprint density at radius 3 is 1.33 bits per heavy atom. The molecular formula is C52H96NO12P. The van der Waals surface area contributed by atoms with Crippen LogP contribution in [0.5, 0.6) is 0 Å². The Labute approximate surface area is 399 Å². The van der Waals surface area contributed by atoms with Crippen LogP contribution >= 0.6 is 7.82 Å². The van der Waals surface area contributed by atoms with Crippen LogP contribution in [0.2, 0.25) is 0 Å². The second-order valence-electron chi connectivity index (χ2n) is 18.5. The first-order valence-electron chi connectivity index (χ1n) is 26.2. The Bertz CT molecular complexity index is 1310. The summed E-state index contributed by atoms with van der Waals surface area (Å²) in [6, 6.07) is -1.27. The summed E-state index contributed by atoms with van der Waals surface area (Å²) >= 11 is 0. The van der Waals surface area contributed by atoms with Gasteiger partial charge in [0.1, 0.15) is 36.6 Å². The molecular weight excluding hydrogens is 862 g/mol. The van der Waals surface area contributed by atoms with E-state index in [1.165, 1.54) is 115 Å². The van der Waals surface area contributed by atoms with E-state index in [0.29, 0.717) is 19.3 Å². The van der Waals surface area contributed by atoms with Gasteiger partial charge in [0.05, 0.1) is 31.3 Å². The van der Waals surface area contributed by atoms with E-state index in [1.54, 1.807) is 6.08 Å². The molecule has 14 heteroatoms. The van der Waals surface area contributed by atoms with Gasteiger partial charge < -0.3 is 46.0 Å². The fraction of sp³-hybridized carbons (Fsp3) is 0.827. The molecule has 1 saturated carbocycles. The number of carbonyl (C=O) groups is 1. The van der Waals surface area contributed by atoms with Crippen molar-refractivity contribution < 1.29 is 59.0 Å². The number of rotatable bonds is 43. The molecule has 0 bridgehead atoms. The minimum Gasteiger partial charge on any atom is -0.393 e. The molecule has 1 aliphatic carbocycles. The van der Waals surface area contributed by atoms with E-state index in [2.05, 4.69) is 55.6 Å². The Balaban J connectivity index is 2.53. The lowest BCUT2D eigenvalue weighted by atomic mass is 9.85. The number of unbranched alkanes of at least 4 members (excludes halogenated alkanes) is 24. The summed E-state index contributed by atoms with van der Waals surface area (Å²) in [5.74, 6) is -0.611. The minimum absolute atomic E-state index is 0.262. The second-order valence-corrected chi connectivity index (χ2v) is 19.9. The van der Waals surface area contributed by atoms with Crippen molar-refractivity contribution in [2.75, 3.05) is 6.61 Å². The number of aliphatic hydroxyl groups excluding tert-OH is 7. The van der Waals surface area contributed by atoms with Crippen molar-refractivity contribution in [1.82, 2.24) is 5.32 Å². The van der Waals surface area contributed by atoms with Crippen LogP contribution in [0, 0.1) is 0 Å². The molecule has 1 fully saturated rings. The first kappa shape index (κ1) is 62.3. The highest BCUT2D eigenvalue weighted by Crippen LogP contribution is 2.47. The van der Waals surface area contributed by atoms with E-state index in [1.807, 2.05) is 0 Å². The maximum Gasteiger partial charge on any atom is 0.472 e. The molecule has 13 nitrogen and oxygen atoms in total. The summed E-state index contributed by atoms with van der Waals surface area (Å²) in [5.41, 5.74) is 0. The minimum atomic E-state index is -5.16. The SMILES string of the molecule is CCCCCCCCCC/C=C/CC/C=C/CC/C=C/C(O)C(COP(=O)(O)OC1C(O)C(O)C(O)C(O)C1O)NC(=O)CC(O)CCCCCCC/C=C\CCCCCCCCCCC. The summed E-state index contributed by atoms with van der Waals surface area (Å²) < 4.78 is 22.9. The van der Waals surface area contributed by atoms with E-state index in [4.69, 9.17) is 9.05 Å². The predicted molar refractivity (Wildman–Crippen MR) is 266 cm³/mol. The van der Waals surface area contributed by atoms with Crippen LogP contribution < -0.4 is 5.32 Å². The maximum atomic E-state index is 13.0. The zero-order valence-corrected chi connectivity index (χ0v) is 42.0. The standard InChI is InChI=1S/C52H96NO12P/c1-3-5-7-9-11-13-15-17-19-21-23-25-27-29-31-33-35-37-39-43(54)41-46(56)53-44(42-64-66(62,63)65-52-50(60)48(58)47(57)49(59)51(52)61)45(55)40-38-36-34-32-30-28-26-24-22-20-18-16-14-12-10-8-6-4-2/h22-25,30,32,38,40,43-45,47-52,54-55,57-61H,3-21,26-29,31,33-37,39,41-42H2,1-2H3,(H,53,56)(H,62,63)/b24-22+,25-23-,32-30+,40-38+. The first-order valence-corrected chi connectivity index (χ1v) is 27.7. The van der Waals surface area contributed by atoms with Crippen LogP contribution in [0.3, 0.4) is 0 Å². The highest BCUT2D eigenvalue weighted by molar-refractivity contribution is 7.47. The summed E-state index contributed by atoms with van der Waals surface area (Å²) in [7, 11) is -5.16. The van der Waals surface area contributed by atoms with E-state index in [-0.39, 0.29) is 6.42 Å². The van der Waals surface area contributed by atoms with Gasteiger partial charge in [-0.15, -0.1) is 0 Å². The highest BCUT2D eigenvalue weighted by atomic mass is 31.2. The summed E-state index contributed by atoms with van der Waals surface area (Å²) in [6.45, 7) is 3.74. The average molecular weight is 958 g/mol. The van der Waals surface area contributed by atoms with Crippen molar-refractivity contribution in [2.45, 2.75) is 268 Å². The quantitative estimate of drug-likeness (QED) is 0.0158. The van der Waals surface area contributed by atoms with Gasteiger partial charge >= 0.3 is 7.82 Å². The van der Waals surface area contributed by atoms with Gasteiger partial charge in [-0.3, -0.25) is 13.8 Å². The van der Waals surface area contributed by atoms with E-state index >= 15 is 0 Å². The van der Waals surface area contributed by atoms with Crippen LogP contribution in [-0.2, 0) is 18.4 Å². The van der Waals surface area contributed by atoms with E-state index < -0.39 is 75.2 Å². The second kappa shape index (κ2) is 41.1. The number of hydrogen-bond donors (Lipinski definition) is 9. The molecule has 0 aromatic rings. The number of aliphatic hydroxyl groups is 7. The normalized spacial score (nSPS) is 22.8. The van der Waals surface area contributed by atoms with E-state index in [0.717, 1.165) is 64.2 Å². The molecule has 1 amide bonds. The number of phosphoric ester groups is 1. The Morgan fingerprint density at radius 1 is 0.530 bits per heavy atom. The largest absolute Gasteiger partial charge is 0.472 e. The molecule has 0 aromatic carbocycles. The number of carbonyl (C=O) groups excluding carboxylic acids is 1. The van der Waals surface area contributed by atoms with Crippen LogP contribution in [0.25, 0.3) is 0 Å². The van der Waals surface area contributed by atoms with Crippen molar-refractivity contribution in [3.05, 3.63) is 48.6 Å². The summed E-state index contributed by atoms with van der Waals surface area (Å²) in [5, 5.41) is 74.6. The smallest absolute Gasteiger partial charge is 0.393 e. The molecule has 0 spiro atoms. The van der Waals surface area contributed by atoms with Gasteiger partial charge in [-0.05, 0) is 70.6 Å². The molecule has 386 valence electrons. The fourth-order valence-electron chi connectivity index (χ4n) is 8.09. The maximum absolute atomic E-state index is 13.0. The number of nitrogens with one attached hydrogen (secondary N) is 1. The van der Waals surface area contributed by atoms with Crippen molar-refractivity contribution in [3.8, 4) is 0 Å². The van der Waals surface area contributed by atoms with Crippen LogP contribution in [0.1, 0.15) is 213 Å². The third-order valence-electron chi connectivity index (χ3n) is 12.4. The number of allylic oxidation sites excluding steroid dienone is 7. The lowest BCUT2D eigenvalue weighted by Gasteiger charge is -2.41. The lowest BCUT2D eigenvalue weighted by molar-refractivity contribution is -0.220. The Morgan fingerprint density at radius 2 is 0.894 bits per heavy atom. The number of phosphoric acid groups is 1. The topological polar surface area (TPSA) is 226 Å². The first-order chi connectivity index (χ1) is 31.8. The third-order valence-corrected chi connectivity index (χ3v) is 13.3. The van der Waals surface area contributed by atoms with Crippen molar-refractivity contribution in [1.29, 1.82) is 0 Å². The van der Waals surface area contributed by atoms with Gasteiger partial charge in [-0.25, -0.2) is 4.57 Å². The van der Waals surface area contributed by atoms with Gasteiger partial charge in [0.25, 0.3) is 0 Å². The molecule has 1 rings (SSSR count). The van der Waals surface area contributed by atoms with E-state index in [9.17, 15) is 50.0 Å². The number of amides is 1. The third kappa shape index (κ3) is 32.1. The van der Waals surface area contributed by atoms with Gasteiger partial charge in [-0.2, -0.15) is 0 Å². The molecule has 9 N–H and O–H groups in total. The average Bonchev–Trinajstić information content (AvgIpc) is 3.29. The fourth-order valence-corrected chi connectivity index (χ4v) is 9.06. The van der Waals surface area contributed by atoms with Crippen molar-refractivity contribution >= 4 is 13.7 Å². The monoisotopic (exact) mass is 958 g/mol. The zero-order chi connectivity index (χ0) is 48.7. The Kier molecular flexibility index (Phi) is 38.8. The molecule has 0 heterocycles. The molecule has 0 aromatic heterocycles. The van der Waals surface area contributed by atoms with Gasteiger partial charge in [0, 0.05) is 0 Å². The van der Waals surface area contributed by atoms with Crippen LogP contribution in [0.15, 0.2) is 48.6 Å². The zero-order valence-electron chi connectivity index (χ0n) is 41.1. The lowest BCUT2D eigenvalue weighted by Crippen LogP contribution is -2.64. The van der Waals surface area contributed by atoms with Gasteiger partial charge in [0.2, 0.25) is 5.91 Å². The molecule has 0 saturated heterocycles. The predicted octanol–water partition coefficient (Wildman–Crippen LogP) is 9.87. The number of hydrogen-bond acceptors (Lipinski definition) is 11. The Hall–Kier alpha value is -1.74. The van der Waals surface area contributed by atoms with Gasteiger partial charge in [-0.1, -0.05) is 184 Å². The molecule has 1 aliphatic rings. The molecule has 0 radical (unpaired) electrons. The van der Waals surface area contributed by atoms with Crippen molar-refractivity contribution in [2.24, 2.45) is 0 Å². The van der Waals surface area contributed by atoms with Gasteiger partial charge in [0.15, 0.2) is 0 Å².